The monoisotopic (exact) mass is 418 g/mol. The highest BCUT2D eigenvalue weighted by molar-refractivity contribution is 7.13. The first-order valence-corrected chi connectivity index (χ1v) is 8.74. The van der Waals surface area contributed by atoms with E-state index in [9.17, 15) is 22.8 Å². The van der Waals surface area contributed by atoms with E-state index in [4.69, 9.17) is 14.2 Å². The van der Waals surface area contributed by atoms with E-state index in [1.54, 1.807) is 6.92 Å². The lowest BCUT2D eigenvalue weighted by Gasteiger charge is -2.15. The lowest BCUT2D eigenvalue weighted by molar-refractivity contribution is -0.137. The van der Waals surface area contributed by atoms with Crippen LogP contribution in [-0.4, -0.2) is 43.8 Å². The van der Waals surface area contributed by atoms with Crippen LogP contribution in [0.15, 0.2) is 24.4 Å². The summed E-state index contributed by atoms with van der Waals surface area (Å²) in [6.07, 6.45) is -3.28. The number of nitrogens with zero attached hydrogens (tertiary/aromatic N) is 1. The molecule has 1 amide bonds. The van der Waals surface area contributed by atoms with Crippen molar-refractivity contribution < 1.29 is 37.0 Å². The summed E-state index contributed by atoms with van der Waals surface area (Å²) in [6, 6.07) is 2.68. The van der Waals surface area contributed by atoms with Crippen molar-refractivity contribution >= 4 is 28.9 Å². The third-order valence-electron chi connectivity index (χ3n) is 3.28. The maximum absolute atomic E-state index is 12.9. The van der Waals surface area contributed by atoms with E-state index in [-0.39, 0.29) is 29.5 Å². The Morgan fingerprint density at radius 1 is 1.25 bits per heavy atom. The zero-order valence-electron chi connectivity index (χ0n) is 15.0. The lowest BCUT2D eigenvalue weighted by atomic mass is 10.1. The molecule has 0 saturated carbocycles. The second kappa shape index (κ2) is 9.51. The van der Waals surface area contributed by atoms with Gasteiger partial charge in [0.1, 0.15) is 17.2 Å². The first-order chi connectivity index (χ1) is 13.2. The summed E-state index contributed by atoms with van der Waals surface area (Å²) in [5.41, 5.74) is -1.15. The molecule has 0 unspecified atom stereocenters. The van der Waals surface area contributed by atoms with Crippen LogP contribution < -0.4 is 10.1 Å². The van der Waals surface area contributed by atoms with Crippen molar-refractivity contribution in [2.24, 2.45) is 0 Å². The minimum atomic E-state index is -4.60. The molecule has 28 heavy (non-hydrogen) atoms. The molecule has 0 spiro atoms. The number of thiazole rings is 1. The van der Waals surface area contributed by atoms with E-state index in [0.29, 0.717) is 5.01 Å². The van der Waals surface area contributed by atoms with Crippen LogP contribution in [0.1, 0.15) is 20.2 Å². The molecule has 0 bridgehead atoms. The van der Waals surface area contributed by atoms with Crippen molar-refractivity contribution in [3.63, 3.8) is 0 Å². The SMILES string of the molecule is COCCOc1ccc(C(F)(F)F)cc1NC(=O)COC(=O)c1cnc(C)s1. The predicted octanol–water partition coefficient (Wildman–Crippen LogP) is 3.29. The van der Waals surface area contributed by atoms with E-state index < -0.39 is 30.2 Å². The van der Waals surface area contributed by atoms with Crippen LogP contribution in [0.4, 0.5) is 18.9 Å². The number of halogens is 3. The average Bonchev–Trinajstić information content (AvgIpc) is 3.06. The fourth-order valence-corrected chi connectivity index (χ4v) is 2.68. The number of esters is 1. The van der Waals surface area contributed by atoms with Crippen LogP contribution in [-0.2, 0) is 20.4 Å². The van der Waals surface area contributed by atoms with Crippen LogP contribution in [0, 0.1) is 6.92 Å². The van der Waals surface area contributed by atoms with E-state index in [0.717, 1.165) is 29.5 Å². The molecule has 0 fully saturated rings. The Hall–Kier alpha value is -2.66. The van der Waals surface area contributed by atoms with Gasteiger partial charge >= 0.3 is 12.1 Å². The van der Waals surface area contributed by atoms with Crippen molar-refractivity contribution in [2.45, 2.75) is 13.1 Å². The highest BCUT2D eigenvalue weighted by Crippen LogP contribution is 2.35. The van der Waals surface area contributed by atoms with E-state index in [1.807, 2.05) is 0 Å². The molecule has 0 aliphatic heterocycles. The summed E-state index contributed by atoms with van der Waals surface area (Å²) >= 11 is 1.10. The van der Waals surface area contributed by atoms with Gasteiger partial charge in [-0.25, -0.2) is 9.78 Å². The van der Waals surface area contributed by atoms with Gasteiger partial charge in [0.15, 0.2) is 6.61 Å². The second-order valence-corrected chi connectivity index (χ2v) is 6.65. The van der Waals surface area contributed by atoms with Gasteiger partial charge in [-0.3, -0.25) is 4.79 Å². The number of carbonyl (C=O) groups is 2. The number of carbonyl (C=O) groups excluding carboxylic acids is 2. The fourth-order valence-electron chi connectivity index (χ4n) is 2.01. The third-order valence-corrected chi connectivity index (χ3v) is 4.18. The van der Waals surface area contributed by atoms with Crippen molar-refractivity contribution in [1.82, 2.24) is 4.98 Å². The van der Waals surface area contributed by atoms with Crippen LogP contribution in [0.2, 0.25) is 0 Å². The molecule has 1 aromatic carbocycles. The minimum Gasteiger partial charge on any atom is -0.489 e. The Morgan fingerprint density at radius 2 is 2.00 bits per heavy atom. The molecule has 152 valence electrons. The summed E-state index contributed by atoms with van der Waals surface area (Å²) in [5, 5.41) is 2.92. The highest BCUT2D eigenvalue weighted by atomic mass is 32.1. The number of benzene rings is 1. The topological polar surface area (TPSA) is 86.8 Å². The summed E-state index contributed by atoms with van der Waals surface area (Å²) < 4.78 is 53.8. The van der Waals surface area contributed by atoms with Gasteiger partial charge in [0.2, 0.25) is 0 Å². The van der Waals surface area contributed by atoms with Crippen LogP contribution in [0.25, 0.3) is 0 Å². The Kier molecular flexibility index (Phi) is 7.35. The summed E-state index contributed by atoms with van der Waals surface area (Å²) in [5.74, 6) is -1.53. The molecular weight excluding hydrogens is 401 g/mol. The van der Waals surface area contributed by atoms with Crippen LogP contribution in [0.3, 0.4) is 0 Å². The van der Waals surface area contributed by atoms with Crippen molar-refractivity contribution in [3.8, 4) is 5.75 Å². The van der Waals surface area contributed by atoms with Crippen molar-refractivity contribution in [3.05, 3.63) is 39.8 Å². The van der Waals surface area contributed by atoms with Crippen molar-refractivity contribution in [1.29, 1.82) is 0 Å². The Morgan fingerprint density at radius 3 is 2.61 bits per heavy atom. The number of anilines is 1. The standard InChI is InChI=1S/C17H17F3N2O5S/c1-10-21-8-14(28-10)16(24)27-9-15(23)22-12-7-11(17(18,19)20)3-4-13(12)26-6-5-25-2/h3-4,7-8H,5-6,9H2,1-2H3,(H,22,23). The summed E-state index contributed by atoms with van der Waals surface area (Å²) in [6.45, 7) is 1.31. The molecule has 0 aliphatic rings. The van der Waals surface area contributed by atoms with E-state index in [1.165, 1.54) is 13.3 Å². The van der Waals surface area contributed by atoms with Gasteiger partial charge in [0.25, 0.3) is 5.91 Å². The molecule has 11 heteroatoms. The molecule has 0 aliphatic carbocycles. The quantitative estimate of drug-likeness (QED) is 0.523. The van der Waals surface area contributed by atoms with E-state index >= 15 is 0 Å². The number of hydrogen-bond acceptors (Lipinski definition) is 7. The number of ether oxygens (including phenoxy) is 3. The Labute approximate surface area is 162 Å². The summed E-state index contributed by atoms with van der Waals surface area (Å²) in [4.78, 5) is 28.0. The number of amides is 1. The Bertz CT molecular complexity index is 838. The molecule has 2 aromatic rings. The third kappa shape index (κ3) is 6.20. The first kappa shape index (κ1) is 21.6. The first-order valence-electron chi connectivity index (χ1n) is 7.93. The minimum absolute atomic E-state index is 0.0304. The zero-order valence-corrected chi connectivity index (χ0v) is 15.8. The largest absolute Gasteiger partial charge is 0.489 e. The highest BCUT2D eigenvalue weighted by Gasteiger charge is 2.31. The number of hydrogen-bond donors (Lipinski definition) is 1. The molecule has 2 rings (SSSR count). The predicted molar refractivity (Wildman–Crippen MR) is 94.6 cm³/mol. The lowest BCUT2D eigenvalue weighted by Crippen LogP contribution is -2.21. The number of rotatable bonds is 8. The van der Waals surface area contributed by atoms with Gasteiger partial charge in [0, 0.05) is 7.11 Å². The number of aromatic nitrogens is 1. The maximum Gasteiger partial charge on any atom is 0.416 e. The molecule has 0 radical (unpaired) electrons. The number of aryl methyl sites for hydroxylation is 1. The van der Waals surface area contributed by atoms with Gasteiger partial charge in [-0.1, -0.05) is 0 Å². The molecule has 1 N–H and O–H groups in total. The molecule has 1 heterocycles. The number of methoxy groups -OCH3 is 1. The number of nitrogens with one attached hydrogen (secondary N) is 1. The smallest absolute Gasteiger partial charge is 0.416 e. The van der Waals surface area contributed by atoms with Gasteiger partial charge in [-0.2, -0.15) is 13.2 Å². The fraction of sp³-hybridized carbons (Fsp3) is 0.353. The van der Waals surface area contributed by atoms with Gasteiger partial charge in [-0.05, 0) is 25.1 Å². The van der Waals surface area contributed by atoms with Crippen LogP contribution in [0.5, 0.6) is 5.75 Å². The Balaban J connectivity index is 2.06. The second-order valence-electron chi connectivity index (χ2n) is 5.42. The summed E-state index contributed by atoms with van der Waals surface area (Å²) in [7, 11) is 1.44. The molecule has 1 aromatic heterocycles. The van der Waals surface area contributed by atoms with Crippen LogP contribution >= 0.6 is 11.3 Å². The van der Waals surface area contributed by atoms with Gasteiger partial charge in [-0.15, -0.1) is 11.3 Å². The van der Waals surface area contributed by atoms with Gasteiger partial charge in [0.05, 0.1) is 29.1 Å². The average molecular weight is 418 g/mol. The number of alkyl halides is 3. The zero-order chi connectivity index (χ0) is 20.7. The maximum atomic E-state index is 12.9. The van der Waals surface area contributed by atoms with E-state index in [2.05, 4.69) is 10.3 Å². The normalized spacial score (nSPS) is 11.2. The molecular formula is C17H17F3N2O5S. The molecule has 0 atom stereocenters. The molecule has 7 nitrogen and oxygen atoms in total. The van der Waals surface area contributed by atoms with Gasteiger partial charge < -0.3 is 19.5 Å². The molecule has 0 saturated heterocycles. The van der Waals surface area contributed by atoms with Crippen molar-refractivity contribution in [2.75, 3.05) is 32.2 Å².